The van der Waals surface area contributed by atoms with Gasteiger partial charge in [-0.2, -0.15) is 0 Å². The van der Waals surface area contributed by atoms with E-state index >= 15 is 0 Å². The predicted molar refractivity (Wildman–Crippen MR) is 70.0 cm³/mol. The van der Waals surface area contributed by atoms with Crippen LogP contribution in [0.5, 0.6) is 0 Å². The Balaban J connectivity index is 2.72. The minimum absolute atomic E-state index is 0.172. The maximum atomic E-state index is 12.1. The van der Waals surface area contributed by atoms with E-state index in [1.165, 1.54) is 0 Å². The number of rotatable bonds is 4. The molecule has 0 aromatic carbocycles. The molecule has 0 N–H and O–H groups in total. The van der Waals surface area contributed by atoms with Crippen molar-refractivity contribution < 1.29 is 14.3 Å². The maximum Gasteiger partial charge on any atom is 0.222 e. The zero-order valence-corrected chi connectivity index (χ0v) is 11.7. The number of carbonyl (C=O) groups excluding carboxylic acids is 1. The molecule has 1 rings (SSSR count). The van der Waals surface area contributed by atoms with Crippen LogP contribution >= 0.6 is 0 Å². The third kappa shape index (κ3) is 4.32. The van der Waals surface area contributed by atoms with E-state index in [0.717, 1.165) is 0 Å². The lowest BCUT2D eigenvalue weighted by Crippen LogP contribution is -2.45. The highest BCUT2D eigenvalue weighted by Gasteiger charge is 2.26. The smallest absolute Gasteiger partial charge is 0.222 e. The van der Waals surface area contributed by atoms with Gasteiger partial charge in [-0.15, -0.1) is 0 Å². The van der Waals surface area contributed by atoms with Crippen molar-refractivity contribution in [2.24, 2.45) is 5.92 Å². The Labute approximate surface area is 110 Å². The lowest BCUT2D eigenvalue weighted by atomic mass is 10.1. The molecule has 102 valence electrons. The average Bonchev–Trinajstić information content (AvgIpc) is 2.28. The third-order valence-corrected chi connectivity index (χ3v) is 2.98. The highest BCUT2D eigenvalue weighted by molar-refractivity contribution is 5.76. The highest BCUT2D eigenvalue weighted by Crippen LogP contribution is 2.11. The summed E-state index contributed by atoms with van der Waals surface area (Å²) in [6.07, 6.45) is 0.824. The molecule has 4 nitrogen and oxygen atoms in total. The Morgan fingerprint density at radius 2 is 2.11 bits per heavy atom. The topological polar surface area (TPSA) is 38.8 Å². The summed E-state index contributed by atoms with van der Waals surface area (Å²) >= 11 is 0. The van der Waals surface area contributed by atoms with Gasteiger partial charge < -0.3 is 14.4 Å². The monoisotopic (exact) mass is 253 g/mol. The van der Waals surface area contributed by atoms with Crippen molar-refractivity contribution in [2.45, 2.75) is 38.9 Å². The standard InChI is InChI=1S/C14H23NO3/c1-11(2)9-14(16)15-8-6-5-7-12(17-3)13(10-15)18-4/h11-13H,6,8-10H2,1-4H3/t12-,13-/m0/s1. The summed E-state index contributed by atoms with van der Waals surface area (Å²) < 4.78 is 10.7. The summed E-state index contributed by atoms with van der Waals surface area (Å²) in [7, 11) is 3.25. The number of amides is 1. The van der Waals surface area contributed by atoms with E-state index in [9.17, 15) is 4.79 Å². The van der Waals surface area contributed by atoms with Crippen molar-refractivity contribution in [2.75, 3.05) is 27.3 Å². The van der Waals surface area contributed by atoms with Gasteiger partial charge in [0.15, 0.2) is 0 Å². The van der Waals surface area contributed by atoms with Crippen LogP contribution < -0.4 is 0 Å². The normalized spacial score (nSPS) is 24.2. The SMILES string of the molecule is CO[C@H]1C#CCCN(C(=O)CC(C)C)C[C@@H]1OC. The average molecular weight is 253 g/mol. The summed E-state index contributed by atoms with van der Waals surface area (Å²) in [4.78, 5) is 14.0. The Morgan fingerprint density at radius 1 is 1.39 bits per heavy atom. The molecule has 0 bridgehead atoms. The fraction of sp³-hybridized carbons (Fsp3) is 0.786. The fourth-order valence-corrected chi connectivity index (χ4v) is 1.97. The minimum atomic E-state index is -0.260. The summed E-state index contributed by atoms with van der Waals surface area (Å²) in [6, 6.07) is 0. The molecular weight excluding hydrogens is 230 g/mol. The fourth-order valence-electron chi connectivity index (χ4n) is 1.97. The van der Waals surface area contributed by atoms with E-state index in [1.807, 2.05) is 18.7 Å². The first-order valence-electron chi connectivity index (χ1n) is 6.40. The molecule has 0 aliphatic carbocycles. The molecule has 4 heteroatoms. The number of hydrogen-bond acceptors (Lipinski definition) is 3. The van der Waals surface area contributed by atoms with Gasteiger partial charge in [-0.3, -0.25) is 4.79 Å². The molecule has 0 fully saturated rings. The van der Waals surface area contributed by atoms with Crippen LogP contribution in [0.4, 0.5) is 0 Å². The summed E-state index contributed by atoms with van der Waals surface area (Å²) in [5, 5.41) is 0. The summed E-state index contributed by atoms with van der Waals surface area (Å²) in [6.45, 7) is 5.32. The second-order valence-corrected chi connectivity index (χ2v) is 4.94. The number of methoxy groups -OCH3 is 2. The molecule has 1 amide bonds. The molecule has 0 saturated heterocycles. The number of carbonyl (C=O) groups is 1. The van der Waals surface area contributed by atoms with Gasteiger partial charge in [0.2, 0.25) is 5.91 Å². The molecule has 0 aromatic heterocycles. The maximum absolute atomic E-state index is 12.1. The Hall–Kier alpha value is -1.05. The van der Waals surface area contributed by atoms with Gasteiger partial charge in [-0.05, 0) is 5.92 Å². The van der Waals surface area contributed by atoms with Gasteiger partial charge >= 0.3 is 0 Å². The van der Waals surface area contributed by atoms with E-state index in [2.05, 4.69) is 11.8 Å². The molecule has 0 unspecified atom stereocenters. The van der Waals surface area contributed by atoms with E-state index < -0.39 is 0 Å². The van der Waals surface area contributed by atoms with E-state index in [-0.39, 0.29) is 18.1 Å². The van der Waals surface area contributed by atoms with Gasteiger partial charge in [0.1, 0.15) is 12.2 Å². The van der Waals surface area contributed by atoms with Crippen molar-refractivity contribution in [3.63, 3.8) is 0 Å². The molecule has 0 radical (unpaired) electrons. The van der Waals surface area contributed by atoms with Crippen LogP contribution in [0.15, 0.2) is 0 Å². The van der Waals surface area contributed by atoms with Crippen LogP contribution in [-0.4, -0.2) is 50.3 Å². The number of nitrogens with zero attached hydrogens (tertiary/aromatic N) is 1. The highest BCUT2D eigenvalue weighted by atomic mass is 16.5. The van der Waals surface area contributed by atoms with Gasteiger partial charge in [0.05, 0.1) is 6.54 Å². The molecule has 0 spiro atoms. The van der Waals surface area contributed by atoms with E-state index in [0.29, 0.717) is 31.8 Å². The third-order valence-electron chi connectivity index (χ3n) is 2.98. The van der Waals surface area contributed by atoms with Crippen LogP contribution in [-0.2, 0) is 14.3 Å². The van der Waals surface area contributed by atoms with Crippen molar-refractivity contribution in [3.05, 3.63) is 0 Å². The van der Waals surface area contributed by atoms with Gasteiger partial charge in [0, 0.05) is 33.6 Å². The molecule has 0 aromatic rings. The Morgan fingerprint density at radius 3 is 2.67 bits per heavy atom. The van der Waals surface area contributed by atoms with Crippen LogP contribution in [0.3, 0.4) is 0 Å². The lowest BCUT2D eigenvalue weighted by molar-refractivity contribution is -0.135. The number of ether oxygens (including phenoxy) is 2. The minimum Gasteiger partial charge on any atom is -0.376 e. The van der Waals surface area contributed by atoms with Crippen LogP contribution in [0.2, 0.25) is 0 Å². The summed E-state index contributed by atoms with van der Waals surface area (Å²) in [5.41, 5.74) is 0. The van der Waals surface area contributed by atoms with Crippen LogP contribution in [0.25, 0.3) is 0 Å². The Kier molecular flexibility index (Phi) is 6.17. The molecule has 1 aliphatic rings. The van der Waals surface area contributed by atoms with Crippen LogP contribution in [0, 0.1) is 17.8 Å². The van der Waals surface area contributed by atoms with Crippen molar-refractivity contribution in [3.8, 4) is 11.8 Å². The molecule has 1 aliphatic heterocycles. The molecule has 0 saturated carbocycles. The van der Waals surface area contributed by atoms with Gasteiger partial charge in [-0.25, -0.2) is 0 Å². The first kappa shape index (κ1) is 15.0. The molecule has 2 atom stereocenters. The molecule has 18 heavy (non-hydrogen) atoms. The van der Waals surface area contributed by atoms with Crippen LogP contribution in [0.1, 0.15) is 26.7 Å². The van der Waals surface area contributed by atoms with Crippen molar-refractivity contribution in [1.82, 2.24) is 4.90 Å². The zero-order valence-electron chi connectivity index (χ0n) is 11.7. The second-order valence-electron chi connectivity index (χ2n) is 4.94. The lowest BCUT2D eigenvalue weighted by Gasteiger charge is -2.30. The molecule has 1 heterocycles. The summed E-state index contributed by atoms with van der Waals surface area (Å²) in [5.74, 6) is 6.62. The quantitative estimate of drug-likeness (QED) is 0.709. The zero-order chi connectivity index (χ0) is 13.5. The van der Waals surface area contributed by atoms with Gasteiger partial charge in [-0.1, -0.05) is 25.7 Å². The van der Waals surface area contributed by atoms with Crippen molar-refractivity contribution >= 4 is 5.91 Å². The Bertz CT molecular complexity index is 330. The number of hydrogen-bond donors (Lipinski definition) is 0. The van der Waals surface area contributed by atoms with E-state index in [4.69, 9.17) is 9.47 Å². The predicted octanol–water partition coefficient (Wildman–Crippen LogP) is 1.30. The van der Waals surface area contributed by atoms with Gasteiger partial charge in [0.25, 0.3) is 0 Å². The largest absolute Gasteiger partial charge is 0.376 e. The second kappa shape index (κ2) is 7.40. The first-order valence-corrected chi connectivity index (χ1v) is 6.40. The molecular formula is C14H23NO3. The van der Waals surface area contributed by atoms with Crippen molar-refractivity contribution in [1.29, 1.82) is 0 Å². The van der Waals surface area contributed by atoms with E-state index in [1.54, 1.807) is 14.2 Å². The first-order chi connectivity index (χ1) is 8.58.